The monoisotopic (exact) mass is 301 g/mol. The number of rotatable bonds is 4. The summed E-state index contributed by atoms with van der Waals surface area (Å²) in [5.41, 5.74) is 0. The first-order valence-electron chi connectivity index (χ1n) is 7.11. The summed E-state index contributed by atoms with van der Waals surface area (Å²) in [5, 5.41) is 11.9. The van der Waals surface area contributed by atoms with Crippen LogP contribution in [0.2, 0.25) is 0 Å². The van der Waals surface area contributed by atoms with Crippen LogP contribution in [0.25, 0.3) is 0 Å². The number of carboxylic acid groups (broad SMARTS) is 1. The first kappa shape index (κ1) is 15.4. The van der Waals surface area contributed by atoms with Crippen LogP contribution in [0.4, 0.5) is 4.79 Å². The van der Waals surface area contributed by atoms with E-state index >= 15 is 0 Å². The van der Waals surface area contributed by atoms with E-state index in [2.05, 4.69) is 17.3 Å². The van der Waals surface area contributed by atoms with Crippen molar-refractivity contribution < 1.29 is 14.7 Å². The summed E-state index contributed by atoms with van der Waals surface area (Å²) in [4.78, 5) is 26.8. The Morgan fingerprint density at radius 2 is 2.05 bits per heavy atom. The third-order valence-electron chi connectivity index (χ3n) is 4.10. The number of carbonyl (C=O) groups excluding carboxylic acids is 1. The minimum atomic E-state index is -0.916. The first-order chi connectivity index (χ1) is 9.58. The van der Waals surface area contributed by atoms with Crippen LogP contribution in [0.15, 0.2) is 0 Å². The molecule has 7 heteroatoms. The van der Waals surface area contributed by atoms with Gasteiger partial charge in [0.1, 0.15) is 6.04 Å². The Kier molecular flexibility index (Phi) is 5.54. The van der Waals surface area contributed by atoms with Gasteiger partial charge in [-0.05, 0) is 45.3 Å². The number of thioether (sulfide) groups is 1. The van der Waals surface area contributed by atoms with E-state index in [1.807, 2.05) is 0 Å². The van der Waals surface area contributed by atoms with Gasteiger partial charge in [-0.3, -0.25) is 0 Å². The number of urea groups is 1. The summed E-state index contributed by atoms with van der Waals surface area (Å²) in [7, 11) is 2.13. The number of piperidine rings is 1. The quantitative estimate of drug-likeness (QED) is 0.807. The van der Waals surface area contributed by atoms with Gasteiger partial charge in [0.25, 0.3) is 0 Å². The van der Waals surface area contributed by atoms with Gasteiger partial charge < -0.3 is 20.2 Å². The second-order valence-electron chi connectivity index (χ2n) is 5.59. The first-order valence-corrected chi connectivity index (χ1v) is 8.27. The van der Waals surface area contributed by atoms with Crippen LogP contribution in [-0.2, 0) is 4.79 Å². The molecule has 2 amide bonds. The molecule has 2 saturated heterocycles. The molecule has 0 aromatic carbocycles. The van der Waals surface area contributed by atoms with Crippen LogP contribution >= 0.6 is 11.8 Å². The van der Waals surface area contributed by atoms with Gasteiger partial charge in [0, 0.05) is 12.3 Å². The van der Waals surface area contributed by atoms with E-state index in [0.717, 1.165) is 19.5 Å². The predicted molar refractivity (Wildman–Crippen MR) is 78.8 cm³/mol. The molecule has 0 radical (unpaired) electrons. The molecule has 0 aromatic heterocycles. The average molecular weight is 301 g/mol. The normalized spacial score (nSPS) is 24.9. The number of nitrogens with zero attached hydrogens (tertiary/aromatic N) is 2. The Hall–Kier alpha value is -0.950. The summed E-state index contributed by atoms with van der Waals surface area (Å²) in [5.74, 6) is 0.713. The van der Waals surface area contributed by atoms with Gasteiger partial charge in [-0.15, -0.1) is 11.8 Å². The van der Waals surface area contributed by atoms with Crippen molar-refractivity contribution in [2.75, 3.05) is 38.3 Å². The molecule has 20 heavy (non-hydrogen) atoms. The molecule has 0 spiro atoms. The third kappa shape index (κ3) is 4.02. The zero-order valence-electron chi connectivity index (χ0n) is 11.9. The molecule has 1 atom stereocenters. The molecule has 2 aliphatic heterocycles. The fourth-order valence-corrected chi connectivity index (χ4v) is 3.83. The van der Waals surface area contributed by atoms with Crippen LogP contribution in [-0.4, -0.2) is 71.3 Å². The molecule has 2 N–H and O–H groups in total. The molecule has 2 heterocycles. The second kappa shape index (κ2) is 7.17. The Labute approximate surface area is 123 Å². The van der Waals surface area contributed by atoms with Crippen LogP contribution in [0.5, 0.6) is 0 Å². The van der Waals surface area contributed by atoms with Gasteiger partial charge in [0.15, 0.2) is 0 Å². The molecular formula is C13H23N3O3S. The van der Waals surface area contributed by atoms with Gasteiger partial charge in [0.05, 0.1) is 5.88 Å². The van der Waals surface area contributed by atoms with Crippen molar-refractivity contribution in [2.24, 2.45) is 5.92 Å². The van der Waals surface area contributed by atoms with Gasteiger partial charge in [-0.25, -0.2) is 9.59 Å². The molecule has 0 aliphatic carbocycles. The predicted octanol–water partition coefficient (Wildman–Crippen LogP) is 0.887. The smallest absolute Gasteiger partial charge is 0.327 e. The number of carboxylic acids is 1. The zero-order chi connectivity index (χ0) is 14.5. The molecule has 6 nitrogen and oxygen atoms in total. The zero-order valence-corrected chi connectivity index (χ0v) is 12.7. The standard InChI is InChI=1S/C13H23N3O3S/c1-15-6-3-10(4-7-15)2-5-14-13(19)16-9-20-8-11(16)12(17)18/h10-11H,2-9H2,1H3,(H,14,19)(H,17,18)/t11-/m0/s1. The second-order valence-corrected chi connectivity index (χ2v) is 6.59. The van der Waals surface area contributed by atoms with Crippen molar-refractivity contribution in [3.63, 3.8) is 0 Å². The molecular weight excluding hydrogens is 278 g/mol. The van der Waals surface area contributed by atoms with E-state index in [0.29, 0.717) is 24.1 Å². The highest BCUT2D eigenvalue weighted by Gasteiger charge is 2.34. The van der Waals surface area contributed by atoms with Crippen molar-refractivity contribution in [3.8, 4) is 0 Å². The number of amides is 2. The van der Waals surface area contributed by atoms with E-state index in [-0.39, 0.29) is 6.03 Å². The number of hydrogen-bond donors (Lipinski definition) is 2. The topological polar surface area (TPSA) is 72.9 Å². The Bertz CT molecular complexity index is 359. The van der Waals surface area contributed by atoms with Crippen molar-refractivity contribution in [3.05, 3.63) is 0 Å². The molecule has 2 rings (SSSR count). The number of carbonyl (C=O) groups is 2. The van der Waals surface area contributed by atoms with Crippen LogP contribution in [0.1, 0.15) is 19.3 Å². The highest BCUT2D eigenvalue weighted by molar-refractivity contribution is 7.99. The minimum Gasteiger partial charge on any atom is -0.480 e. The summed E-state index contributed by atoms with van der Waals surface area (Å²) < 4.78 is 0. The van der Waals surface area contributed by atoms with Crippen LogP contribution < -0.4 is 5.32 Å². The largest absolute Gasteiger partial charge is 0.480 e. The fourth-order valence-electron chi connectivity index (χ4n) is 2.68. The molecule has 2 aliphatic rings. The van der Waals surface area contributed by atoms with Crippen molar-refractivity contribution >= 4 is 23.8 Å². The highest BCUT2D eigenvalue weighted by Crippen LogP contribution is 2.21. The van der Waals surface area contributed by atoms with E-state index in [1.54, 1.807) is 0 Å². The van der Waals surface area contributed by atoms with Crippen LogP contribution in [0.3, 0.4) is 0 Å². The number of hydrogen-bond acceptors (Lipinski definition) is 4. The lowest BCUT2D eigenvalue weighted by Gasteiger charge is -2.29. The maximum atomic E-state index is 12.0. The Balaban J connectivity index is 1.68. The lowest BCUT2D eigenvalue weighted by molar-refractivity contribution is -0.140. The maximum Gasteiger partial charge on any atom is 0.327 e. The minimum absolute atomic E-state index is 0.240. The van der Waals surface area contributed by atoms with Gasteiger partial charge in [0.2, 0.25) is 0 Å². The summed E-state index contributed by atoms with van der Waals surface area (Å²) in [6.45, 7) is 2.89. The van der Waals surface area contributed by atoms with E-state index < -0.39 is 12.0 Å². The van der Waals surface area contributed by atoms with Crippen LogP contribution in [0, 0.1) is 5.92 Å². The molecule has 0 unspecified atom stereocenters. The number of likely N-dealkylation sites (tertiary alicyclic amines) is 1. The Morgan fingerprint density at radius 3 is 2.70 bits per heavy atom. The summed E-state index contributed by atoms with van der Waals surface area (Å²) >= 11 is 1.49. The van der Waals surface area contributed by atoms with E-state index in [1.165, 1.54) is 29.5 Å². The molecule has 114 valence electrons. The molecule has 0 aromatic rings. The van der Waals surface area contributed by atoms with Crippen molar-refractivity contribution in [1.29, 1.82) is 0 Å². The lowest BCUT2D eigenvalue weighted by Crippen LogP contribution is -2.47. The van der Waals surface area contributed by atoms with E-state index in [9.17, 15) is 9.59 Å². The van der Waals surface area contributed by atoms with Crippen molar-refractivity contribution in [1.82, 2.24) is 15.1 Å². The SMILES string of the molecule is CN1CCC(CCNC(=O)N2CSC[C@H]2C(=O)O)CC1. The highest BCUT2D eigenvalue weighted by atomic mass is 32.2. The lowest BCUT2D eigenvalue weighted by atomic mass is 9.94. The molecule has 0 bridgehead atoms. The molecule has 2 fully saturated rings. The summed E-state index contributed by atoms with van der Waals surface area (Å²) in [6, 6.07) is -0.918. The average Bonchev–Trinajstić information content (AvgIpc) is 2.90. The number of nitrogens with one attached hydrogen (secondary N) is 1. The maximum absolute atomic E-state index is 12.0. The Morgan fingerprint density at radius 1 is 1.35 bits per heavy atom. The number of aliphatic carboxylic acids is 1. The summed E-state index contributed by atoms with van der Waals surface area (Å²) in [6.07, 6.45) is 3.35. The molecule has 0 saturated carbocycles. The van der Waals surface area contributed by atoms with Gasteiger partial charge in [-0.2, -0.15) is 0 Å². The van der Waals surface area contributed by atoms with Gasteiger partial charge >= 0.3 is 12.0 Å². The third-order valence-corrected chi connectivity index (χ3v) is 5.11. The fraction of sp³-hybridized carbons (Fsp3) is 0.846. The van der Waals surface area contributed by atoms with E-state index in [4.69, 9.17) is 5.11 Å². The van der Waals surface area contributed by atoms with Gasteiger partial charge in [-0.1, -0.05) is 0 Å². The van der Waals surface area contributed by atoms with Crippen molar-refractivity contribution in [2.45, 2.75) is 25.3 Å².